The van der Waals surface area contributed by atoms with E-state index < -0.39 is 0 Å². The molecule has 3 aliphatic heterocycles. The van der Waals surface area contributed by atoms with Gasteiger partial charge in [0, 0.05) is 63.2 Å². The van der Waals surface area contributed by atoms with E-state index in [4.69, 9.17) is 0 Å². The molecule has 9 aromatic rings. The number of thiophene rings is 1. The summed E-state index contributed by atoms with van der Waals surface area (Å²) in [6.45, 7) is 0. The normalized spacial score (nSPS) is 19.1. The largest absolute Gasteiger partial charge is 0.355 e. The molecule has 1 saturated heterocycles. The molecule has 0 bridgehead atoms. The second-order valence-corrected chi connectivity index (χ2v) is 18.6. The van der Waals surface area contributed by atoms with Gasteiger partial charge in [-0.05, 0) is 100 Å². The Labute approximate surface area is 345 Å². The van der Waals surface area contributed by atoms with E-state index in [1.54, 1.807) is 0 Å². The molecule has 2 nitrogen and oxygen atoms in total. The highest BCUT2D eigenvalue weighted by molar-refractivity contribution is 8.04. The summed E-state index contributed by atoms with van der Waals surface area (Å²) in [4.78, 5) is 8.03. The molecule has 4 unspecified atom stereocenters. The second kappa shape index (κ2) is 13.5. The molecule has 8 aromatic carbocycles. The molecule has 4 heterocycles. The van der Waals surface area contributed by atoms with E-state index >= 15 is 0 Å². The third-order valence-corrected chi connectivity index (χ3v) is 16.3. The molecule has 1 fully saturated rings. The average Bonchev–Trinajstić information content (AvgIpc) is 4.03. The first-order valence-electron chi connectivity index (χ1n) is 19.6. The van der Waals surface area contributed by atoms with Gasteiger partial charge in [0.25, 0.3) is 0 Å². The third-order valence-electron chi connectivity index (χ3n) is 12.0. The number of hydrogen-bond donors (Lipinski definition) is 0. The number of thioether (sulfide) groups is 2. The van der Waals surface area contributed by atoms with Gasteiger partial charge in [0.2, 0.25) is 0 Å². The molecule has 0 aliphatic carbocycles. The van der Waals surface area contributed by atoms with Gasteiger partial charge in [-0.15, -0.1) is 34.9 Å². The maximum atomic E-state index is 2.75. The van der Waals surface area contributed by atoms with Gasteiger partial charge in [-0.2, -0.15) is 0 Å². The quantitative estimate of drug-likeness (QED) is 0.166. The Hall–Kier alpha value is -5.72. The number of rotatable bonds is 6. The summed E-state index contributed by atoms with van der Waals surface area (Å²) in [5.74, 6) is 0. The Balaban J connectivity index is 0.959. The number of anilines is 4. The molecular weight excluding hydrogens is 749 g/mol. The van der Waals surface area contributed by atoms with Crippen molar-refractivity contribution in [1.29, 1.82) is 0 Å². The second-order valence-electron chi connectivity index (χ2n) is 15.1. The smallest absolute Gasteiger partial charge is 0.0694 e. The summed E-state index contributed by atoms with van der Waals surface area (Å²) < 4.78 is 2.67. The SMILES string of the molecule is c1ccc(-c2cccc(N(c3ccc(-c4cccc5c4sc4ccccc45)cc3)c3ccc(N4C5c6ccccc6SC5C5Sc6ccccc6C54)cc3)c2)cc1. The molecule has 12 rings (SSSR count). The van der Waals surface area contributed by atoms with Crippen molar-refractivity contribution in [3.05, 3.63) is 205 Å². The Morgan fingerprint density at radius 3 is 1.72 bits per heavy atom. The first-order valence-corrected chi connectivity index (χ1v) is 22.2. The topological polar surface area (TPSA) is 6.48 Å². The maximum absolute atomic E-state index is 2.75. The lowest BCUT2D eigenvalue weighted by atomic mass is 10.0. The summed E-state index contributed by atoms with van der Waals surface area (Å²) in [5, 5.41) is 3.65. The number of hydrogen-bond acceptors (Lipinski definition) is 5. The van der Waals surface area contributed by atoms with Crippen LogP contribution >= 0.6 is 34.9 Å². The number of nitrogens with zero attached hydrogens (tertiary/aromatic N) is 2. The van der Waals surface area contributed by atoms with E-state index in [2.05, 4.69) is 227 Å². The highest BCUT2D eigenvalue weighted by Gasteiger charge is 2.57. The fourth-order valence-electron chi connectivity index (χ4n) is 9.49. The zero-order chi connectivity index (χ0) is 37.5. The minimum atomic E-state index is 0.337. The van der Waals surface area contributed by atoms with Crippen molar-refractivity contribution in [2.24, 2.45) is 0 Å². The van der Waals surface area contributed by atoms with Crippen LogP contribution in [0.25, 0.3) is 42.4 Å². The molecule has 1 aromatic heterocycles. The molecule has 3 aliphatic rings. The monoisotopic (exact) mass is 784 g/mol. The molecule has 0 amide bonds. The molecule has 0 radical (unpaired) electrons. The van der Waals surface area contributed by atoms with E-state index in [0.717, 1.165) is 17.1 Å². The van der Waals surface area contributed by atoms with Crippen LogP contribution in [-0.2, 0) is 0 Å². The van der Waals surface area contributed by atoms with Crippen molar-refractivity contribution in [2.45, 2.75) is 32.4 Å². The molecular formula is C52H36N2S3. The lowest BCUT2D eigenvalue weighted by molar-refractivity contribution is 0.675. The van der Waals surface area contributed by atoms with Crippen molar-refractivity contribution in [1.82, 2.24) is 0 Å². The average molecular weight is 785 g/mol. The van der Waals surface area contributed by atoms with Crippen LogP contribution in [0.5, 0.6) is 0 Å². The summed E-state index contributed by atoms with van der Waals surface area (Å²) in [7, 11) is 0. The summed E-state index contributed by atoms with van der Waals surface area (Å²) in [6, 6.07) is 72.6. The summed E-state index contributed by atoms with van der Waals surface area (Å²) >= 11 is 6.06. The van der Waals surface area contributed by atoms with Crippen molar-refractivity contribution in [2.75, 3.05) is 9.80 Å². The van der Waals surface area contributed by atoms with E-state index in [0.29, 0.717) is 22.6 Å². The van der Waals surface area contributed by atoms with Crippen LogP contribution in [0, 0.1) is 0 Å². The van der Waals surface area contributed by atoms with Gasteiger partial charge >= 0.3 is 0 Å². The van der Waals surface area contributed by atoms with Crippen LogP contribution in [0.3, 0.4) is 0 Å². The Morgan fingerprint density at radius 1 is 0.421 bits per heavy atom. The van der Waals surface area contributed by atoms with Gasteiger partial charge in [-0.3, -0.25) is 0 Å². The van der Waals surface area contributed by atoms with Crippen molar-refractivity contribution < 1.29 is 0 Å². The molecule has 0 spiro atoms. The van der Waals surface area contributed by atoms with E-state index in [9.17, 15) is 0 Å². The first-order chi connectivity index (χ1) is 28.3. The zero-order valence-electron chi connectivity index (χ0n) is 30.9. The Bertz CT molecular complexity index is 2900. The fourth-order valence-corrected chi connectivity index (χ4v) is 14.0. The maximum Gasteiger partial charge on any atom is 0.0694 e. The molecule has 4 atom stereocenters. The van der Waals surface area contributed by atoms with Gasteiger partial charge in [0.1, 0.15) is 0 Å². The van der Waals surface area contributed by atoms with Crippen LogP contribution in [0.15, 0.2) is 204 Å². The van der Waals surface area contributed by atoms with Crippen LogP contribution in [0.2, 0.25) is 0 Å². The van der Waals surface area contributed by atoms with Crippen LogP contribution in [0.4, 0.5) is 22.7 Å². The lowest BCUT2D eigenvalue weighted by Gasteiger charge is -2.33. The number of fused-ring (bicyclic) bond motifs is 10. The van der Waals surface area contributed by atoms with E-state index in [-0.39, 0.29) is 0 Å². The Morgan fingerprint density at radius 2 is 1.00 bits per heavy atom. The highest BCUT2D eigenvalue weighted by atomic mass is 32.2. The predicted molar refractivity (Wildman–Crippen MR) is 245 cm³/mol. The third kappa shape index (κ3) is 5.40. The van der Waals surface area contributed by atoms with Crippen LogP contribution in [0.1, 0.15) is 23.2 Å². The van der Waals surface area contributed by atoms with E-state index in [1.165, 1.54) is 69.0 Å². The minimum Gasteiger partial charge on any atom is -0.355 e. The summed E-state index contributed by atoms with van der Waals surface area (Å²) in [5.41, 5.74) is 12.5. The Kier molecular flexibility index (Phi) is 7.89. The first kappa shape index (κ1) is 33.4. The van der Waals surface area contributed by atoms with Gasteiger partial charge < -0.3 is 9.80 Å². The van der Waals surface area contributed by atoms with Crippen LogP contribution in [-0.4, -0.2) is 10.5 Å². The highest BCUT2D eigenvalue weighted by Crippen LogP contribution is 2.66. The van der Waals surface area contributed by atoms with Crippen molar-refractivity contribution in [3.8, 4) is 22.3 Å². The van der Waals surface area contributed by atoms with Crippen LogP contribution < -0.4 is 9.80 Å². The van der Waals surface area contributed by atoms with Crippen molar-refractivity contribution >= 4 is 77.8 Å². The number of benzene rings is 8. The minimum absolute atomic E-state index is 0.337. The van der Waals surface area contributed by atoms with Gasteiger partial charge in [-0.1, -0.05) is 127 Å². The van der Waals surface area contributed by atoms with Crippen molar-refractivity contribution in [3.63, 3.8) is 0 Å². The van der Waals surface area contributed by atoms with Gasteiger partial charge in [0.15, 0.2) is 0 Å². The van der Waals surface area contributed by atoms with Gasteiger partial charge in [-0.25, -0.2) is 0 Å². The molecule has 5 heteroatoms. The standard InChI is InChI=1S/C52H36N2S3/c1-2-12-33(13-3-1)35-14-10-15-39(32-35)53(36-26-24-34(25-27-36)40-19-11-20-42-41-16-4-7-21-45(41)55-50(40)42)37-28-30-38(31-29-37)54-48-43-17-5-8-22-46(43)56-51(48)52-49(54)44-18-6-9-23-47(44)57-52/h1-32,48-49,51-52H. The summed E-state index contributed by atoms with van der Waals surface area (Å²) in [6.07, 6.45) is 0. The van der Waals surface area contributed by atoms with Gasteiger partial charge in [0.05, 0.1) is 12.1 Å². The molecule has 272 valence electrons. The molecule has 0 saturated carbocycles. The molecule has 57 heavy (non-hydrogen) atoms. The molecule has 0 N–H and O–H groups in total. The predicted octanol–water partition coefficient (Wildman–Crippen LogP) is 15.1. The lowest BCUT2D eigenvalue weighted by Crippen LogP contribution is -2.27. The fraction of sp³-hybridized carbons (Fsp3) is 0.0769. The zero-order valence-corrected chi connectivity index (χ0v) is 33.4. The van der Waals surface area contributed by atoms with E-state index in [1.807, 2.05) is 11.3 Å².